The molecule has 0 rings (SSSR count). The Bertz CT molecular complexity index is 204. The van der Waals surface area contributed by atoms with Gasteiger partial charge >= 0.3 is 0 Å². The normalized spacial score (nSPS) is 14.8. The number of hydrogen-bond acceptors (Lipinski definition) is 1. The molecular weight excluding hydrogens is 224 g/mol. The van der Waals surface area contributed by atoms with Crippen LogP contribution < -0.4 is 0 Å². The minimum atomic E-state index is 0.354. The van der Waals surface area contributed by atoms with E-state index in [9.17, 15) is 0 Å². The van der Waals surface area contributed by atoms with Crippen LogP contribution in [0, 0.1) is 0 Å². The summed E-state index contributed by atoms with van der Waals surface area (Å²) in [5, 5.41) is 0. The summed E-state index contributed by atoms with van der Waals surface area (Å²) >= 11 is 0. The second-order valence-electron chi connectivity index (χ2n) is 6.13. The molecule has 0 saturated heterocycles. The van der Waals surface area contributed by atoms with E-state index in [1.165, 1.54) is 24.1 Å². The van der Waals surface area contributed by atoms with E-state index in [1.807, 2.05) is 0 Å². The van der Waals surface area contributed by atoms with E-state index in [-0.39, 0.29) is 0 Å². The topological polar surface area (TPSA) is 9.23 Å². The van der Waals surface area contributed by atoms with Crippen molar-refractivity contribution in [3.8, 4) is 0 Å². The SMILES string of the molecule is CC[N+](C)(C)C[C@@H](C)OCC[N+](CC)(CC)CC. The fourth-order valence-electron chi connectivity index (χ4n) is 2.47. The fourth-order valence-corrected chi connectivity index (χ4v) is 2.47. The standard InChI is InChI=1S/C15H36N2O/c1-8-16(6,7)14-15(5)18-13-12-17(9-2,10-3)11-4/h15H,8-14H2,1-7H3/q+2/t15-/m1/s1. The van der Waals surface area contributed by atoms with Gasteiger partial charge in [0.05, 0.1) is 46.9 Å². The monoisotopic (exact) mass is 260 g/mol. The average Bonchev–Trinajstić information content (AvgIpc) is 2.35. The lowest BCUT2D eigenvalue weighted by Gasteiger charge is -2.36. The largest absolute Gasteiger partial charge is 0.367 e. The van der Waals surface area contributed by atoms with Crippen molar-refractivity contribution in [2.24, 2.45) is 0 Å². The van der Waals surface area contributed by atoms with E-state index in [0.717, 1.165) is 30.7 Å². The maximum Gasteiger partial charge on any atom is 0.105 e. The van der Waals surface area contributed by atoms with Gasteiger partial charge in [-0.15, -0.1) is 0 Å². The molecule has 3 heteroatoms. The van der Waals surface area contributed by atoms with Crippen molar-refractivity contribution >= 4 is 0 Å². The number of quaternary nitrogens is 2. The Hall–Kier alpha value is -0.120. The van der Waals surface area contributed by atoms with Crippen LogP contribution in [0.25, 0.3) is 0 Å². The van der Waals surface area contributed by atoms with Gasteiger partial charge in [0.15, 0.2) is 0 Å². The van der Waals surface area contributed by atoms with Crippen molar-refractivity contribution in [3.63, 3.8) is 0 Å². The summed E-state index contributed by atoms with van der Waals surface area (Å²) in [6.07, 6.45) is 0.354. The highest BCUT2D eigenvalue weighted by Crippen LogP contribution is 2.07. The maximum absolute atomic E-state index is 6.01. The molecule has 0 aliphatic heterocycles. The molecule has 3 nitrogen and oxygen atoms in total. The van der Waals surface area contributed by atoms with E-state index in [2.05, 4.69) is 48.7 Å². The first-order valence-corrected chi connectivity index (χ1v) is 7.63. The van der Waals surface area contributed by atoms with Gasteiger partial charge in [0.2, 0.25) is 0 Å². The molecule has 0 aromatic rings. The quantitative estimate of drug-likeness (QED) is 0.548. The Labute approximate surface area is 115 Å². The number of hydrogen-bond donors (Lipinski definition) is 0. The Morgan fingerprint density at radius 2 is 1.39 bits per heavy atom. The van der Waals surface area contributed by atoms with Gasteiger partial charge in [0.1, 0.15) is 19.2 Å². The van der Waals surface area contributed by atoms with Gasteiger partial charge in [-0.2, -0.15) is 0 Å². The molecule has 0 bridgehead atoms. The molecule has 0 N–H and O–H groups in total. The van der Waals surface area contributed by atoms with Gasteiger partial charge in [-0.3, -0.25) is 0 Å². The van der Waals surface area contributed by atoms with Gasteiger partial charge in [0.25, 0.3) is 0 Å². The van der Waals surface area contributed by atoms with E-state index < -0.39 is 0 Å². The molecule has 0 aromatic heterocycles. The van der Waals surface area contributed by atoms with Gasteiger partial charge in [-0.25, -0.2) is 0 Å². The van der Waals surface area contributed by atoms with Gasteiger partial charge in [-0.05, 0) is 34.6 Å². The lowest BCUT2D eigenvalue weighted by atomic mass is 10.3. The summed E-state index contributed by atoms with van der Waals surface area (Å²) in [5.74, 6) is 0. The van der Waals surface area contributed by atoms with E-state index in [0.29, 0.717) is 6.10 Å². The zero-order valence-corrected chi connectivity index (χ0v) is 13.8. The molecule has 0 unspecified atom stereocenters. The van der Waals surface area contributed by atoms with Gasteiger partial charge in [-0.1, -0.05) is 0 Å². The van der Waals surface area contributed by atoms with E-state index in [1.54, 1.807) is 0 Å². The smallest absolute Gasteiger partial charge is 0.105 e. The summed E-state index contributed by atoms with van der Waals surface area (Å²) in [4.78, 5) is 0. The molecule has 0 spiro atoms. The Kier molecular flexibility index (Phi) is 8.08. The van der Waals surface area contributed by atoms with Crippen molar-refractivity contribution in [1.82, 2.24) is 0 Å². The van der Waals surface area contributed by atoms with Crippen LogP contribution in [0.5, 0.6) is 0 Å². The highest BCUT2D eigenvalue weighted by molar-refractivity contribution is 4.48. The molecule has 0 fully saturated rings. The molecule has 0 amide bonds. The van der Waals surface area contributed by atoms with Crippen LogP contribution in [0.1, 0.15) is 34.6 Å². The molecule has 0 aliphatic carbocycles. The first kappa shape index (κ1) is 17.9. The van der Waals surface area contributed by atoms with Crippen LogP contribution in [0.2, 0.25) is 0 Å². The van der Waals surface area contributed by atoms with E-state index in [4.69, 9.17) is 4.74 Å². The minimum absolute atomic E-state index is 0.354. The lowest BCUT2D eigenvalue weighted by molar-refractivity contribution is -0.924. The fraction of sp³-hybridized carbons (Fsp3) is 1.00. The molecular formula is C15H36N2O+2. The molecule has 0 aromatic carbocycles. The number of likely N-dealkylation sites (N-methyl/N-ethyl adjacent to an activating group) is 2. The first-order chi connectivity index (χ1) is 8.34. The molecule has 0 radical (unpaired) electrons. The lowest BCUT2D eigenvalue weighted by Crippen LogP contribution is -2.50. The van der Waals surface area contributed by atoms with E-state index >= 15 is 0 Å². The predicted octanol–water partition coefficient (Wildman–Crippen LogP) is 2.36. The second-order valence-corrected chi connectivity index (χ2v) is 6.13. The molecule has 0 heterocycles. The number of nitrogens with zero attached hydrogens (tertiary/aromatic N) is 2. The van der Waals surface area contributed by atoms with Crippen molar-refractivity contribution in [2.45, 2.75) is 40.7 Å². The van der Waals surface area contributed by atoms with Crippen molar-refractivity contribution in [3.05, 3.63) is 0 Å². The van der Waals surface area contributed by atoms with Crippen molar-refractivity contribution in [2.75, 3.05) is 60.0 Å². The molecule has 18 heavy (non-hydrogen) atoms. The minimum Gasteiger partial charge on any atom is -0.367 e. The summed E-state index contributed by atoms with van der Waals surface area (Å²) in [5.41, 5.74) is 0. The number of ether oxygens (including phenoxy) is 1. The maximum atomic E-state index is 6.01. The molecule has 0 aliphatic rings. The summed E-state index contributed by atoms with van der Waals surface area (Å²) < 4.78 is 8.23. The highest BCUT2D eigenvalue weighted by Gasteiger charge is 2.22. The third-order valence-corrected chi connectivity index (χ3v) is 4.59. The van der Waals surface area contributed by atoms with Crippen LogP contribution in [-0.4, -0.2) is 75.0 Å². The predicted molar refractivity (Wildman–Crippen MR) is 79.7 cm³/mol. The van der Waals surface area contributed by atoms with Crippen molar-refractivity contribution < 1.29 is 13.7 Å². The number of rotatable bonds is 10. The summed E-state index contributed by atoms with van der Waals surface area (Å²) in [6, 6.07) is 0. The van der Waals surface area contributed by atoms with Crippen LogP contribution in [0.4, 0.5) is 0 Å². The van der Waals surface area contributed by atoms with Gasteiger partial charge < -0.3 is 13.7 Å². The van der Waals surface area contributed by atoms with Crippen LogP contribution in [0.3, 0.4) is 0 Å². The highest BCUT2D eigenvalue weighted by atomic mass is 16.5. The molecule has 110 valence electrons. The Morgan fingerprint density at radius 3 is 1.78 bits per heavy atom. The third kappa shape index (κ3) is 6.17. The average molecular weight is 260 g/mol. The van der Waals surface area contributed by atoms with Crippen LogP contribution in [0.15, 0.2) is 0 Å². The third-order valence-electron chi connectivity index (χ3n) is 4.59. The van der Waals surface area contributed by atoms with Crippen LogP contribution >= 0.6 is 0 Å². The van der Waals surface area contributed by atoms with Crippen molar-refractivity contribution in [1.29, 1.82) is 0 Å². The summed E-state index contributed by atoms with van der Waals surface area (Å²) in [7, 11) is 4.54. The zero-order valence-electron chi connectivity index (χ0n) is 13.8. The second kappa shape index (κ2) is 8.13. The van der Waals surface area contributed by atoms with Crippen LogP contribution in [-0.2, 0) is 4.74 Å². The Morgan fingerprint density at radius 1 is 0.889 bits per heavy atom. The Balaban J connectivity index is 4.03. The zero-order chi connectivity index (χ0) is 14.2. The summed E-state index contributed by atoms with van der Waals surface area (Å²) in [6.45, 7) is 19.2. The molecule has 0 saturated carbocycles. The molecule has 1 atom stereocenters. The first-order valence-electron chi connectivity index (χ1n) is 7.63. The van der Waals surface area contributed by atoms with Gasteiger partial charge in [0, 0.05) is 0 Å².